The van der Waals surface area contributed by atoms with Crippen molar-refractivity contribution in [2.75, 3.05) is 17.2 Å². The van der Waals surface area contributed by atoms with E-state index in [1.165, 1.54) is 0 Å². The van der Waals surface area contributed by atoms with Crippen LogP contribution in [0.3, 0.4) is 0 Å². The Balaban J connectivity index is 1.35. The third-order valence-corrected chi connectivity index (χ3v) is 4.51. The number of pyridine rings is 1. The molecule has 0 unspecified atom stereocenters. The summed E-state index contributed by atoms with van der Waals surface area (Å²) in [6, 6.07) is 19.3. The van der Waals surface area contributed by atoms with E-state index in [0.29, 0.717) is 12.4 Å². The van der Waals surface area contributed by atoms with Crippen LogP contribution in [0.25, 0.3) is 10.9 Å². The maximum absolute atomic E-state index is 12.4. The number of anilines is 3. The molecular formula is C23H22N4O2. The molecule has 2 aromatic heterocycles. The number of para-hydroxylation sites is 1. The topological polar surface area (TPSA) is 79.0 Å². The number of aromatic amines is 1. The molecule has 29 heavy (non-hydrogen) atoms. The SMILES string of the molecule is CCOc1ccc(Nc2ccc(NC(=O)Cc3c[nH]c4ccccc34)nc2)cc1. The Kier molecular flexibility index (Phi) is 5.42. The largest absolute Gasteiger partial charge is 0.494 e. The normalized spacial score (nSPS) is 10.7. The summed E-state index contributed by atoms with van der Waals surface area (Å²) in [5.41, 5.74) is 3.76. The van der Waals surface area contributed by atoms with E-state index in [1.54, 1.807) is 12.3 Å². The van der Waals surface area contributed by atoms with Crippen molar-refractivity contribution >= 4 is 34.0 Å². The molecule has 4 aromatic rings. The van der Waals surface area contributed by atoms with Gasteiger partial charge in [0, 0.05) is 22.8 Å². The number of ether oxygens (including phenoxy) is 1. The summed E-state index contributed by atoms with van der Waals surface area (Å²) in [7, 11) is 0. The molecule has 0 atom stereocenters. The van der Waals surface area contributed by atoms with Gasteiger partial charge in [0.1, 0.15) is 11.6 Å². The molecule has 0 radical (unpaired) electrons. The van der Waals surface area contributed by atoms with Crippen molar-refractivity contribution in [3.05, 3.63) is 78.6 Å². The van der Waals surface area contributed by atoms with Crippen LogP contribution in [0.1, 0.15) is 12.5 Å². The van der Waals surface area contributed by atoms with Crippen molar-refractivity contribution in [2.45, 2.75) is 13.3 Å². The van der Waals surface area contributed by atoms with Crippen molar-refractivity contribution in [1.29, 1.82) is 0 Å². The fourth-order valence-electron chi connectivity index (χ4n) is 3.15. The molecule has 1 amide bonds. The molecule has 0 bridgehead atoms. The summed E-state index contributed by atoms with van der Waals surface area (Å²) in [5.74, 6) is 1.26. The Morgan fingerprint density at radius 3 is 2.59 bits per heavy atom. The minimum absolute atomic E-state index is 0.102. The molecule has 2 heterocycles. The number of benzene rings is 2. The van der Waals surface area contributed by atoms with E-state index in [9.17, 15) is 4.79 Å². The van der Waals surface area contributed by atoms with E-state index in [4.69, 9.17) is 4.74 Å². The maximum Gasteiger partial charge on any atom is 0.230 e. The Morgan fingerprint density at radius 1 is 1.03 bits per heavy atom. The van der Waals surface area contributed by atoms with E-state index in [-0.39, 0.29) is 12.3 Å². The quantitative estimate of drug-likeness (QED) is 0.423. The number of carbonyl (C=O) groups is 1. The number of nitrogens with one attached hydrogen (secondary N) is 3. The number of hydrogen-bond acceptors (Lipinski definition) is 4. The molecule has 0 aliphatic heterocycles. The van der Waals surface area contributed by atoms with Crippen LogP contribution in [0.15, 0.2) is 73.1 Å². The molecule has 6 heteroatoms. The molecule has 0 saturated carbocycles. The van der Waals surface area contributed by atoms with Crippen molar-refractivity contribution in [3.63, 3.8) is 0 Å². The summed E-state index contributed by atoms with van der Waals surface area (Å²) >= 11 is 0. The second-order valence-electron chi connectivity index (χ2n) is 6.60. The predicted octanol–water partition coefficient (Wildman–Crippen LogP) is 4.89. The maximum atomic E-state index is 12.4. The van der Waals surface area contributed by atoms with Gasteiger partial charge < -0.3 is 20.4 Å². The summed E-state index contributed by atoms with van der Waals surface area (Å²) < 4.78 is 5.44. The first kappa shape index (κ1) is 18.6. The van der Waals surface area contributed by atoms with Gasteiger partial charge in [0.2, 0.25) is 5.91 Å². The molecule has 0 aliphatic carbocycles. The number of rotatable bonds is 7. The lowest BCUT2D eigenvalue weighted by Gasteiger charge is -2.09. The zero-order valence-electron chi connectivity index (χ0n) is 16.1. The highest BCUT2D eigenvalue weighted by Crippen LogP contribution is 2.21. The summed E-state index contributed by atoms with van der Waals surface area (Å²) in [6.45, 7) is 2.60. The highest BCUT2D eigenvalue weighted by Gasteiger charge is 2.09. The van der Waals surface area contributed by atoms with Crippen molar-refractivity contribution in [2.24, 2.45) is 0 Å². The van der Waals surface area contributed by atoms with Crippen LogP contribution >= 0.6 is 0 Å². The van der Waals surface area contributed by atoms with Gasteiger partial charge in [-0.15, -0.1) is 0 Å². The van der Waals surface area contributed by atoms with Crippen LogP contribution < -0.4 is 15.4 Å². The first-order valence-electron chi connectivity index (χ1n) is 9.52. The molecule has 0 fully saturated rings. The monoisotopic (exact) mass is 386 g/mol. The number of hydrogen-bond donors (Lipinski definition) is 3. The fraction of sp³-hybridized carbons (Fsp3) is 0.130. The van der Waals surface area contributed by atoms with E-state index in [1.807, 2.05) is 67.7 Å². The van der Waals surface area contributed by atoms with Crippen LogP contribution in [0.5, 0.6) is 5.75 Å². The number of aromatic nitrogens is 2. The predicted molar refractivity (Wildman–Crippen MR) is 116 cm³/mol. The van der Waals surface area contributed by atoms with Crippen LogP contribution in [0, 0.1) is 0 Å². The van der Waals surface area contributed by atoms with Crippen molar-refractivity contribution in [3.8, 4) is 5.75 Å². The Morgan fingerprint density at radius 2 is 1.83 bits per heavy atom. The Hall–Kier alpha value is -3.80. The molecule has 4 rings (SSSR count). The highest BCUT2D eigenvalue weighted by molar-refractivity contribution is 5.95. The second kappa shape index (κ2) is 8.48. The average Bonchev–Trinajstić information content (AvgIpc) is 3.14. The highest BCUT2D eigenvalue weighted by atomic mass is 16.5. The minimum atomic E-state index is -0.102. The van der Waals surface area contributed by atoms with Gasteiger partial charge in [0.05, 0.1) is 24.9 Å². The van der Waals surface area contributed by atoms with Crippen LogP contribution in [0.4, 0.5) is 17.2 Å². The summed E-state index contributed by atoms with van der Waals surface area (Å²) in [5, 5.41) is 7.19. The first-order valence-corrected chi connectivity index (χ1v) is 9.52. The van der Waals surface area contributed by atoms with Crippen molar-refractivity contribution in [1.82, 2.24) is 9.97 Å². The van der Waals surface area contributed by atoms with E-state index < -0.39 is 0 Å². The molecule has 0 saturated heterocycles. The molecule has 0 aliphatic rings. The lowest BCUT2D eigenvalue weighted by atomic mass is 10.1. The smallest absolute Gasteiger partial charge is 0.230 e. The molecular weight excluding hydrogens is 364 g/mol. The van der Waals surface area contributed by atoms with Gasteiger partial charge in [-0.1, -0.05) is 18.2 Å². The third kappa shape index (κ3) is 4.55. The van der Waals surface area contributed by atoms with Gasteiger partial charge >= 0.3 is 0 Å². The molecule has 0 spiro atoms. The lowest BCUT2D eigenvalue weighted by molar-refractivity contribution is -0.115. The zero-order chi connectivity index (χ0) is 20.1. The molecule has 6 nitrogen and oxygen atoms in total. The molecule has 3 N–H and O–H groups in total. The van der Waals surface area contributed by atoms with Gasteiger partial charge in [-0.05, 0) is 55.0 Å². The summed E-state index contributed by atoms with van der Waals surface area (Å²) in [6.07, 6.45) is 3.86. The Bertz CT molecular complexity index is 1100. The van der Waals surface area contributed by atoms with Gasteiger partial charge in [-0.3, -0.25) is 4.79 Å². The van der Waals surface area contributed by atoms with E-state index in [0.717, 1.165) is 33.6 Å². The van der Waals surface area contributed by atoms with Gasteiger partial charge in [0.25, 0.3) is 0 Å². The lowest BCUT2D eigenvalue weighted by Crippen LogP contribution is -2.15. The zero-order valence-corrected chi connectivity index (χ0v) is 16.1. The van der Waals surface area contributed by atoms with Crippen LogP contribution in [-0.2, 0) is 11.2 Å². The second-order valence-corrected chi connectivity index (χ2v) is 6.60. The Labute approximate surface area is 168 Å². The standard InChI is InChI=1S/C23H22N4O2/c1-2-29-19-10-7-17(8-11-19)26-18-9-12-22(25-15-18)27-23(28)13-16-14-24-21-6-4-3-5-20(16)21/h3-12,14-15,24,26H,2,13H2,1H3,(H,25,27,28). The van der Waals surface area contributed by atoms with E-state index in [2.05, 4.69) is 20.6 Å². The van der Waals surface area contributed by atoms with Crippen molar-refractivity contribution < 1.29 is 9.53 Å². The molecule has 146 valence electrons. The van der Waals surface area contributed by atoms with Crippen LogP contribution in [-0.4, -0.2) is 22.5 Å². The van der Waals surface area contributed by atoms with Gasteiger partial charge in [-0.25, -0.2) is 4.98 Å². The number of nitrogens with zero attached hydrogens (tertiary/aromatic N) is 1. The van der Waals surface area contributed by atoms with Gasteiger partial charge in [0.15, 0.2) is 0 Å². The number of fused-ring (bicyclic) bond motifs is 1. The van der Waals surface area contributed by atoms with E-state index >= 15 is 0 Å². The first-order chi connectivity index (χ1) is 14.2. The third-order valence-electron chi connectivity index (χ3n) is 4.51. The number of H-pyrrole nitrogens is 1. The molecule has 2 aromatic carbocycles. The fourth-order valence-corrected chi connectivity index (χ4v) is 3.15. The average molecular weight is 386 g/mol. The van der Waals surface area contributed by atoms with Gasteiger partial charge in [-0.2, -0.15) is 0 Å². The number of amides is 1. The minimum Gasteiger partial charge on any atom is -0.494 e. The number of carbonyl (C=O) groups excluding carboxylic acids is 1. The van der Waals surface area contributed by atoms with Crippen LogP contribution in [0.2, 0.25) is 0 Å². The summed E-state index contributed by atoms with van der Waals surface area (Å²) in [4.78, 5) is 19.9.